The number of thioether (sulfide) groups is 1. The zero-order valence-corrected chi connectivity index (χ0v) is 18.9. The van der Waals surface area contributed by atoms with E-state index in [1.165, 1.54) is 0 Å². The molecule has 0 radical (unpaired) electrons. The molecule has 1 amide bonds. The van der Waals surface area contributed by atoms with Crippen LogP contribution in [-0.2, 0) is 21.4 Å². The molecule has 2 rings (SSSR count). The lowest BCUT2D eigenvalue weighted by atomic mass is 10.1. The first-order valence-electron chi connectivity index (χ1n) is 8.42. The second-order valence-corrected chi connectivity index (χ2v) is 10.0. The molecule has 1 atom stereocenters. The monoisotopic (exact) mass is 460 g/mol. The molecular formula is C19H22Cl2N2O3S2. The van der Waals surface area contributed by atoms with Gasteiger partial charge in [-0.25, -0.2) is 8.42 Å². The molecule has 9 heteroatoms. The lowest BCUT2D eigenvalue weighted by molar-refractivity contribution is -0.122. The van der Waals surface area contributed by atoms with Gasteiger partial charge >= 0.3 is 0 Å². The van der Waals surface area contributed by atoms with Crippen LogP contribution in [0, 0.1) is 0 Å². The van der Waals surface area contributed by atoms with Crippen molar-refractivity contribution in [1.29, 1.82) is 0 Å². The predicted octanol–water partition coefficient (Wildman–Crippen LogP) is 4.35. The van der Waals surface area contributed by atoms with Crippen molar-refractivity contribution >= 4 is 50.9 Å². The molecule has 152 valence electrons. The van der Waals surface area contributed by atoms with Crippen LogP contribution < -0.4 is 5.32 Å². The van der Waals surface area contributed by atoms with E-state index in [-0.39, 0.29) is 25.0 Å². The highest BCUT2D eigenvalue weighted by Crippen LogP contribution is 2.24. The van der Waals surface area contributed by atoms with Gasteiger partial charge in [-0.2, -0.15) is 4.31 Å². The summed E-state index contributed by atoms with van der Waals surface area (Å²) >= 11 is 13.5. The van der Waals surface area contributed by atoms with Crippen LogP contribution >= 0.6 is 35.0 Å². The average Bonchev–Trinajstić information content (AvgIpc) is 2.63. The first kappa shape index (κ1) is 23.0. The maximum absolute atomic E-state index is 12.4. The average molecular weight is 461 g/mol. The fourth-order valence-corrected chi connectivity index (χ4v) is 4.02. The van der Waals surface area contributed by atoms with E-state index in [4.69, 9.17) is 23.2 Å². The third kappa shape index (κ3) is 6.67. The van der Waals surface area contributed by atoms with E-state index in [9.17, 15) is 13.2 Å². The smallest absolute Gasteiger partial charge is 0.235 e. The third-order valence-corrected chi connectivity index (χ3v) is 6.80. The summed E-state index contributed by atoms with van der Waals surface area (Å²) in [6, 6.07) is 12.5. The Balaban J connectivity index is 2.06. The van der Waals surface area contributed by atoms with E-state index in [1.807, 2.05) is 37.4 Å². The van der Waals surface area contributed by atoms with Crippen molar-refractivity contribution in [3.8, 4) is 0 Å². The quantitative estimate of drug-likeness (QED) is 0.594. The molecule has 0 heterocycles. The number of benzene rings is 2. The first-order valence-corrected chi connectivity index (χ1v) is 12.3. The molecule has 0 aliphatic rings. The van der Waals surface area contributed by atoms with Crippen LogP contribution in [0.25, 0.3) is 0 Å². The highest BCUT2D eigenvalue weighted by molar-refractivity contribution is 7.98. The van der Waals surface area contributed by atoms with Gasteiger partial charge < -0.3 is 5.32 Å². The molecule has 0 saturated heterocycles. The predicted molar refractivity (Wildman–Crippen MR) is 116 cm³/mol. The van der Waals surface area contributed by atoms with E-state index in [2.05, 4.69) is 5.32 Å². The molecule has 0 bridgehead atoms. The molecule has 1 unspecified atom stereocenters. The SMILES string of the molecule is CSc1ccc(C(C)NC(=O)CN(Cc2ccc(Cl)c(Cl)c2)S(C)(=O)=O)cc1. The van der Waals surface area contributed by atoms with Gasteiger partial charge in [0.2, 0.25) is 15.9 Å². The van der Waals surface area contributed by atoms with Crippen molar-refractivity contribution in [2.75, 3.05) is 19.1 Å². The van der Waals surface area contributed by atoms with Gasteiger partial charge in [-0.1, -0.05) is 41.4 Å². The zero-order valence-electron chi connectivity index (χ0n) is 15.8. The normalized spacial score (nSPS) is 12.8. The molecule has 0 saturated carbocycles. The topological polar surface area (TPSA) is 66.5 Å². The number of hydrogen-bond acceptors (Lipinski definition) is 4. The molecule has 0 fully saturated rings. The Bertz CT molecular complexity index is 935. The lowest BCUT2D eigenvalue weighted by Gasteiger charge is -2.21. The minimum Gasteiger partial charge on any atom is -0.348 e. The maximum Gasteiger partial charge on any atom is 0.235 e. The minimum absolute atomic E-state index is 0.0277. The first-order chi connectivity index (χ1) is 13.1. The summed E-state index contributed by atoms with van der Waals surface area (Å²) in [5, 5.41) is 3.56. The maximum atomic E-state index is 12.4. The van der Waals surface area contributed by atoms with Crippen LogP contribution in [0.3, 0.4) is 0 Å². The molecule has 0 spiro atoms. The number of halogens is 2. The molecular weight excluding hydrogens is 439 g/mol. The Morgan fingerprint density at radius 3 is 2.32 bits per heavy atom. The van der Waals surface area contributed by atoms with Gasteiger partial charge in [0.1, 0.15) is 0 Å². The van der Waals surface area contributed by atoms with Gasteiger partial charge in [0.05, 0.1) is 28.9 Å². The van der Waals surface area contributed by atoms with Crippen LogP contribution in [0.1, 0.15) is 24.1 Å². The zero-order chi connectivity index (χ0) is 20.9. The molecule has 0 aromatic heterocycles. The second kappa shape index (κ2) is 9.98. The van der Waals surface area contributed by atoms with Crippen LogP contribution in [0.15, 0.2) is 47.4 Å². The molecule has 0 aliphatic carbocycles. The van der Waals surface area contributed by atoms with Crippen LogP contribution in [0.2, 0.25) is 10.0 Å². The van der Waals surface area contributed by atoms with E-state index < -0.39 is 10.0 Å². The Morgan fingerprint density at radius 2 is 1.79 bits per heavy atom. The van der Waals surface area contributed by atoms with Gasteiger partial charge in [-0.3, -0.25) is 4.79 Å². The van der Waals surface area contributed by atoms with Gasteiger partial charge in [-0.15, -0.1) is 11.8 Å². The number of nitrogens with one attached hydrogen (secondary N) is 1. The summed E-state index contributed by atoms with van der Waals surface area (Å²) in [7, 11) is -3.60. The molecule has 1 N–H and O–H groups in total. The molecule has 28 heavy (non-hydrogen) atoms. The van der Waals surface area contributed by atoms with Gasteiger partial charge in [0.25, 0.3) is 0 Å². The summed E-state index contributed by atoms with van der Waals surface area (Å²) < 4.78 is 25.4. The molecule has 0 aliphatic heterocycles. The van der Waals surface area contributed by atoms with Crippen LogP contribution in [-0.4, -0.2) is 37.7 Å². The van der Waals surface area contributed by atoms with Crippen LogP contribution in [0.4, 0.5) is 0 Å². The molecule has 2 aromatic rings. The van der Waals surface area contributed by atoms with Crippen LogP contribution in [0.5, 0.6) is 0 Å². The Labute approximate surface area is 180 Å². The van der Waals surface area contributed by atoms with Crippen molar-refractivity contribution in [3.05, 3.63) is 63.6 Å². The standard InChI is InChI=1S/C19H22Cl2N2O3S2/c1-13(15-5-7-16(27-2)8-6-15)22-19(24)12-23(28(3,25)26)11-14-4-9-17(20)18(21)10-14/h4-10,13H,11-12H2,1-3H3,(H,22,24). The van der Waals surface area contributed by atoms with E-state index >= 15 is 0 Å². The number of carbonyl (C=O) groups excluding carboxylic acids is 1. The van der Waals surface area contributed by atoms with Crippen molar-refractivity contribution in [1.82, 2.24) is 9.62 Å². The number of nitrogens with zero attached hydrogens (tertiary/aromatic N) is 1. The third-order valence-electron chi connectivity index (χ3n) is 4.13. The minimum atomic E-state index is -3.60. The van der Waals surface area contributed by atoms with Gasteiger partial charge in [0, 0.05) is 11.4 Å². The Kier molecular flexibility index (Phi) is 8.21. The van der Waals surface area contributed by atoms with Gasteiger partial charge in [-0.05, 0) is 48.6 Å². The lowest BCUT2D eigenvalue weighted by Crippen LogP contribution is -2.40. The number of sulfonamides is 1. The van der Waals surface area contributed by atoms with E-state index in [1.54, 1.807) is 30.0 Å². The summed E-state index contributed by atoms with van der Waals surface area (Å²) in [6.07, 6.45) is 3.07. The second-order valence-electron chi connectivity index (χ2n) is 6.34. The number of carbonyl (C=O) groups is 1. The Hall–Kier alpha value is -1.25. The fraction of sp³-hybridized carbons (Fsp3) is 0.316. The summed E-state index contributed by atoms with van der Waals surface area (Å²) in [6.45, 7) is 1.60. The summed E-state index contributed by atoms with van der Waals surface area (Å²) in [5.74, 6) is -0.382. The fourth-order valence-electron chi connectivity index (χ4n) is 2.56. The van der Waals surface area contributed by atoms with Crippen molar-refractivity contribution < 1.29 is 13.2 Å². The summed E-state index contributed by atoms with van der Waals surface area (Å²) in [5.41, 5.74) is 1.59. The largest absolute Gasteiger partial charge is 0.348 e. The Morgan fingerprint density at radius 1 is 1.14 bits per heavy atom. The highest BCUT2D eigenvalue weighted by atomic mass is 35.5. The molecule has 5 nitrogen and oxygen atoms in total. The highest BCUT2D eigenvalue weighted by Gasteiger charge is 2.22. The number of rotatable bonds is 8. The van der Waals surface area contributed by atoms with Crippen molar-refractivity contribution in [3.63, 3.8) is 0 Å². The van der Waals surface area contributed by atoms with Crippen molar-refractivity contribution in [2.24, 2.45) is 0 Å². The summed E-state index contributed by atoms with van der Waals surface area (Å²) in [4.78, 5) is 13.6. The van der Waals surface area contributed by atoms with Crippen molar-refractivity contribution in [2.45, 2.75) is 24.4 Å². The van der Waals surface area contributed by atoms with E-state index in [0.29, 0.717) is 15.6 Å². The number of hydrogen-bond donors (Lipinski definition) is 1. The number of amides is 1. The van der Waals surface area contributed by atoms with Gasteiger partial charge in [0.15, 0.2) is 0 Å². The molecule has 2 aromatic carbocycles. The van der Waals surface area contributed by atoms with E-state index in [0.717, 1.165) is 21.0 Å².